The molecule has 0 fully saturated rings. The number of carbonyl (C=O) groups excluding carboxylic acids is 2. The molecule has 6 N–H and O–H groups in total. The first-order valence-electron chi connectivity index (χ1n) is 13.3. The van der Waals surface area contributed by atoms with Crippen molar-refractivity contribution in [2.75, 3.05) is 11.1 Å². The minimum Gasteiger partial charge on any atom is -0.478 e. The second-order valence-electron chi connectivity index (χ2n) is 10.1. The van der Waals surface area contributed by atoms with Crippen LogP contribution in [0.1, 0.15) is 66.1 Å². The number of anilines is 2. The van der Waals surface area contributed by atoms with Crippen molar-refractivity contribution in [1.29, 1.82) is 0 Å². The predicted molar refractivity (Wildman–Crippen MR) is 153 cm³/mol. The van der Waals surface area contributed by atoms with Gasteiger partial charge in [0.15, 0.2) is 0 Å². The average molecular weight is 581 g/mol. The molecule has 0 bridgehead atoms. The van der Waals surface area contributed by atoms with Gasteiger partial charge in [0.05, 0.1) is 11.6 Å². The Morgan fingerprint density at radius 1 is 1.00 bits per heavy atom. The Labute approximate surface area is 242 Å². The Morgan fingerprint density at radius 3 is 2.56 bits per heavy atom. The van der Waals surface area contributed by atoms with Gasteiger partial charge >= 0.3 is 5.97 Å². The number of benzene rings is 2. The molecule has 6 rings (SSSR count). The monoisotopic (exact) mass is 580 g/mol. The quantitative estimate of drug-likeness (QED) is 0.155. The van der Waals surface area contributed by atoms with E-state index in [-0.39, 0.29) is 53.2 Å². The topological polar surface area (TPSA) is 211 Å². The number of carbonyl (C=O) groups is 3. The number of hydrogen-bond donors (Lipinski definition) is 5. The first-order valence-corrected chi connectivity index (χ1v) is 13.3. The van der Waals surface area contributed by atoms with Gasteiger partial charge in [-0.25, -0.2) is 9.78 Å². The standard InChI is InChI=1S/C29H24N8O6/c30-22-23(25(39)24(22)38)31-11-14-2-1-3-15(8-14)12-32-26(40)20-10-21(37-29(36-20)33-13-34-37)27(41)35-19-7-5-16-9-17(28(42)43)4-6-18(16)19/h1-4,6,8-10,13,19,31H,5,7,11-12,30H2,(H,32,40)(H,35,41)(H,42,43)/t19-/m0/s1. The summed E-state index contributed by atoms with van der Waals surface area (Å²) in [5, 5.41) is 21.9. The molecule has 2 heterocycles. The molecule has 216 valence electrons. The van der Waals surface area contributed by atoms with Gasteiger partial charge in [-0.2, -0.15) is 14.6 Å². The molecule has 0 spiro atoms. The van der Waals surface area contributed by atoms with Gasteiger partial charge in [-0.15, -0.1) is 0 Å². The van der Waals surface area contributed by atoms with E-state index in [1.807, 2.05) is 18.2 Å². The molecule has 1 aliphatic rings. The second-order valence-corrected chi connectivity index (χ2v) is 10.1. The molecule has 0 saturated carbocycles. The van der Waals surface area contributed by atoms with Crippen LogP contribution in [0.5, 0.6) is 0 Å². The Morgan fingerprint density at radius 2 is 1.79 bits per heavy atom. The van der Waals surface area contributed by atoms with Gasteiger partial charge in [0, 0.05) is 19.2 Å². The molecule has 43 heavy (non-hydrogen) atoms. The van der Waals surface area contributed by atoms with Crippen molar-refractivity contribution < 1.29 is 19.5 Å². The Balaban J connectivity index is 1.14. The number of rotatable bonds is 9. The van der Waals surface area contributed by atoms with Crippen molar-refractivity contribution in [2.24, 2.45) is 0 Å². The highest BCUT2D eigenvalue weighted by molar-refractivity contribution is 5.98. The molecule has 1 atom stereocenters. The number of nitrogens with zero attached hydrogens (tertiary/aromatic N) is 4. The lowest BCUT2D eigenvalue weighted by Gasteiger charge is -2.15. The van der Waals surface area contributed by atoms with Crippen LogP contribution < -0.4 is 32.5 Å². The van der Waals surface area contributed by atoms with E-state index in [0.29, 0.717) is 12.8 Å². The maximum Gasteiger partial charge on any atom is 0.335 e. The fourth-order valence-corrected chi connectivity index (χ4v) is 5.12. The molecule has 1 aliphatic carbocycles. The zero-order chi connectivity index (χ0) is 30.2. The molecule has 2 aromatic heterocycles. The van der Waals surface area contributed by atoms with Crippen LogP contribution in [0.2, 0.25) is 0 Å². The predicted octanol–water partition coefficient (Wildman–Crippen LogP) is 0.960. The molecule has 14 heteroatoms. The van der Waals surface area contributed by atoms with Crippen molar-refractivity contribution in [1.82, 2.24) is 30.2 Å². The summed E-state index contributed by atoms with van der Waals surface area (Å²) in [6.07, 6.45) is 2.44. The number of nitrogens with two attached hydrogens (primary N) is 1. The molecule has 0 aliphatic heterocycles. The van der Waals surface area contributed by atoms with Crippen LogP contribution in [-0.4, -0.2) is 42.5 Å². The molecular formula is C29H24N8O6. The number of carboxylic acid groups (broad SMARTS) is 1. The third-order valence-electron chi connectivity index (χ3n) is 7.35. The minimum absolute atomic E-state index is 0.0306. The number of amides is 2. The summed E-state index contributed by atoms with van der Waals surface area (Å²) in [6.45, 7) is 0.403. The van der Waals surface area contributed by atoms with Gasteiger partial charge in [-0.1, -0.05) is 30.3 Å². The maximum absolute atomic E-state index is 13.4. The highest BCUT2D eigenvalue weighted by Gasteiger charge is 2.27. The van der Waals surface area contributed by atoms with E-state index < -0.39 is 28.6 Å². The van der Waals surface area contributed by atoms with Crippen LogP contribution in [0.25, 0.3) is 5.78 Å². The number of hydrogen-bond acceptors (Lipinski definition) is 10. The van der Waals surface area contributed by atoms with Crippen LogP contribution in [0, 0.1) is 0 Å². The molecule has 14 nitrogen and oxygen atoms in total. The van der Waals surface area contributed by atoms with Gasteiger partial charge in [0.1, 0.15) is 29.1 Å². The zero-order valence-corrected chi connectivity index (χ0v) is 22.5. The van der Waals surface area contributed by atoms with Crippen molar-refractivity contribution in [2.45, 2.75) is 32.0 Å². The highest BCUT2D eigenvalue weighted by Crippen LogP contribution is 2.32. The van der Waals surface area contributed by atoms with Gasteiger partial charge in [0.2, 0.25) is 0 Å². The van der Waals surface area contributed by atoms with Gasteiger partial charge in [-0.3, -0.25) is 19.2 Å². The van der Waals surface area contributed by atoms with Crippen molar-refractivity contribution in [3.8, 4) is 0 Å². The van der Waals surface area contributed by atoms with Gasteiger partial charge in [0.25, 0.3) is 28.4 Å². The molecular weight excluding hydrogens is 556 g/mol. The average Bonchev–Trinajstić information content (AvgIpc) is 3.66. The van der Waals surface area contributed by atoms with Crippen molar-refractivity contribution >= 4 is 34.9 Å². The maximum atomic E-state index is 13.4. The lowest BCUT2D eigenvalue weighted by atomic mass is 10.0. The minimum atomic E-state index is -1.01. The van der Waals surface area contributed by atoms with E-state index in [0.717, 1.165) is 22.3 Å². The first kappa shape index (κ1) is 27.3. The fourth-order valence-electron chi connectivity index (χ4n) is 5.12. The lowest BCUT2D eigenvalue weighted by molar-refractivity contribution is 0.0696. The summed E-state index contributed by atoms with van der Waals surface area (Å²) >= 11 is 0. The fraction of sp³-hybridized carbons (Fsp3) is 0.172. The number of nitrogen functional groups attached to an aromatic ring is 1. The number of fused-ring (bicyclic) bond motifs is 2. The SMILES string of the molecule is Nc1c(NCc2cccc(CNC(=O)c3cc(C(=O)N[C@H]4CCc5cc(C(=O)O)ccc54)n4ncnc4n3)c2)c(=O)c1=O. The third-order valence-corrected chi connectivity index (χ3v) is 7.35. The highest BCUT2D eigenvalue weighted by atomic mass is 16.4. The van der Waals surface area contributed by atoms with E-state index in [2.05, 4.69) is 31.0 Å². The number of aromatic carboxylic acids is 1. The summed E-state index contributed by atoms with van der Waals surface area (Å²) < 4.78 is 1.24. The summed E-state index contributed by atoms with van der Waals surface area (Å²) in [5.74, 6) is -1.97. The summed E-state index contributed by atoms with van der Waals surface area (Å²) in [5.41, 5.74) is 7.72. The van der Waals surface area contributed by atoms with Crippen molar-refractivity contribution in [3.05, 3.63) is 115 Å². The van der Waals surface area contributed by atoms with Crippen LogP contribution in [0.4, 0.5) is 11.4 Å². The van der Waals surface area contributed by atoms with Gasteiger partial charge in [-0.05, 0) is 47.2 Å². The van der Waals surface area contributed by atoms with E-state index in [9.17, 15) is 29.1 Å². The molecule has 0 unspecified atom stereocenters. The molecule has 0 saturated heterocycles. The summed E-state index contributed by atoms with van der Waals surface area (Å²) in [4.78, 5) is 69.0. The zero-order valence-electron chi connectivity index (χ0n) is 22.5. The smallest absolute Gasteiger partial charge is 0.335 e. The summed E-state index contributed by atoms with van der Waals surface area (Å²) in [7, 11) is 0. The van der Waals surface area contributed by atoms with Crippen LogP contribution in [-0.2, 0) is 19.5 Å². The van der Waals surface area contributed by atoms with Crippen LogP contribution in [0.15, 0.2) is 64.4 Å². The molecule has 2 amide bonds. The number of carboxylic acids is 1. The Hall–Kier alpha value is -5.92. The molecule has 0 radical (unpaired) electrons. The number of aryl methyl sites for hydroxylation is 1. The lowest BCUT2D eigenvalue weighted by Crippen LogP contribution is -2.36. The molecule has 3 aromatic carbocycles. The van der Waals surface area contributed by atoms with Gasteiger partial charge < -0.3 is 26.8 Å². The Kier molecular flexibility index (Phi) is 6.85. The largest absolute Gasteiger partial charge is 0.478 e. The van der Waals surface area contributed by atoms with E-state index in [1.54, 1.807) is 18.2 Å². The third kappa shape index (κ3) is 5.16. The summed E-state index contributed by atoms with van der Waals surface area (Å²) in [6, 6.07) is 13.1. The molecule has 5 aromatic rings. The number of aromatic nitrogens is 4. The van der Waals surface area contributed by atoms with Crippen molar-refractivity contribution in [3.63, 3.8) is 0 Å². The normalized spacial score (nSPS) is 14.0. The Bertz CT molecular complexity index is 2010. The van der Waals surface area contributed by atoms with E-state index in [1.165, 1.54) is 23.0 Å². The van der Waals surface area contributed by atoms with Crippen LogP contribution >= 0.6 is 0 Å². The van der Waals surface area contributed by atoms with E-state index in [4.69, 9.17) is 5.73 Å². The first-order chi connectivity index (χ1) is 20.7. The second kappa shape index (κ2) is 10.8. The van der Waals surface area contributed by atoms with Crippen LogP contribution in [0.3, 0.4) is 0 Å². The number of nitrogens with one attached hydrogen (secondary N) is 3. The van der Waals surface area contributed by atoms with E-state index >= 15 is 0 Å².